The fourth-order valence-corrected chi connectivity index (χ4v) is 2.25. The summed E-state index contributed by atoms with van der Waals surface area (Å²) in [5.74, 6) is -3.50. The van der Waals surface area contributed by atoms with Crippen molar-refractivity contribution in [3.63, 3.8) is 0 Å². The molecule has 1 rings (SSSR count). The zero-order chi connectivity index (χ0) is 12.2. The van der Waals surface area contributed by atoms with Crippen LogP contribution in [0.4, 0.5) is 8.78 Å². The van der Waals surface area contributed by atoms with E-state index in [4.69, 9.17) is 0 Å². The number of carbonyl (C=O) groups is 1. The summed E-state index contributed by atoms with van der Waals surface area (Å²) in [6.07, 6.45) is 3.90. The fourth-order valence-electron chi connectivity index (χ4n) is 2.25. The van der Waals surface area contributed by atoms with Gasteiger partial charge in [0, 0.05) is 24.7 Å². The highest BCUT2D eigenvalue weighted by Gasteiger charge is 2.40. The van der Waals surface area contributed by atoms with Gasteiger partial charge >= 0.3 is 0 Å². The molecule has 1 aliphatic rings. The van der Waals surface area contributed by atoms with E-state index >= 15 is 0 Å². The van der Waals surface area contributed by atoms with Gasteiger partial charge in [0.05, 0.1) is 0 Å². The van der Waals surface area contributed by atoms with Gasteiger partial charge in [-0.05, 0) is 12.8 Å². The van der Waals surface area contributed by atoms with E-state index in [0.717, 1.165) is 19.3 Å². The summed E-state index contributed by atoms with van der Waals surface area (Å²) in [5.41, 5.74) is 0. The Morgan fingerprint density at radius 3 is 2.50 bits per heavy atom. The predicted octanol–water partition coefficient (Wildman–Crippen LogP) is 4.21. The van der Waals surface area contributed by atoms with Gasteiger partial charge in [0.2, 0.25) is 0 Å². The molecule has 1 nitrogen and oxygen atoms in total. The summed E-state index contributed by atoms with van der Waals surface area (Å²) in [4.78, 5) is 11.6. The molecule has 1 aliphatic carbocycles. The lowest BCUT2D eigenvalue weighted by Gasteiger charge is -2.29. The van der Waals surface area contributed by atoms with Gasteiger partial charge in [-0.15, -0.1) is 0 Å². The fraction of sp³-hybridized carbons (Fsp3) is 0.923. The normalized spacial score (nSPS) is 26.2. The maximum absolute atomic E-state index is 13.8. The highest BCUT2D eigenvalue weighted by atomic mass is 19.3. The zero-order valence-electron chi connectivity index (χ0n) is 10.3. The van der Waals surface area contributed by atoms with Crippen LogP contribution in [-0.2, 0) is 4.79 Å². The average molecular weight is 232 g/mol. The molecule has 0 aliphatic heterocycles. The summed E-state index contributed by atoms with van der Waals surface area (Å²) >= 11 is 0. The molecule has 0 aromatic carbocycles. The molecule has 3 heteroatoms. The van der Waals surface area contributed by atoms with Crippen LogP contribution in [0.25, 0.3) is 0 Å². The Bertz CT molecular complexity index is 236. The van der Waals surface area contributed by atoms with Gasteiger partial charge in [-0.25, -0.2) is 8.78 Å². The topological polar surface area (TPSA) is 17.1 Å². The molecule has 1 atom stereocenters. The maximum atomic E-state index is 13.8. The quantitative estimate of drug-likeness (QED) is 0.712. The lowest BCUT2D eigenvalue weighted by molar-refractivity contribution is -0.129. The molecule has 1 unspecified atom stereocenters. The van der Waals surface area contributed by atoms with Crippen LogP contribution in [0.2, 0.25) is 0 Å². The number of hydrogen-bond acceptors (Lipinski definition) is 1. The van der Waals surface area contributed by atoms with Crippen molar-refractivity contribution in [1.29, 1.82) is 0 Å². The van der Waals surface area contributed by atoms with E-state index in [9.17, 15) is 13.6 Å². The minimum absolute atomic E-state index is 0.0229. The van der Waals surface area contributed by atoms with Crippen molar-refractivity contribution in [2.45, 2.75) is 64.7 Å². The highest BCUT2D eigenvalue weighted by Crippen LogP contribution is 2.38. The van der Waals surface area contributed by atoms with Gasteiger partial charge in [0.15, 0.2) is 0 Å². The molecule has 0 amide bonds. The predicted molar refractivity (Wildman–Crippen MR) is 60.6 cm³/mol. The Balaban J connectivity index is 2.61. The van der Waals surface area contributed by atoms with Gasteiger partial charge < -0.3 is 0 Å². The number of ketones is 1. The van der Waals surface area contributed by atoms with E-state index < -0.39 is 11.8 Å². The van der Waals surface area contributed by atoms with Crippen molar-refractivity contribution < 1.29 is 13.6 Å². The van der Waals surface area contributed by atoms with E-state index in [-0.39, 0.29) is 24.5 Å². The molecule has 0 bridgehead atoms. The largest absolute Gasteiger partial charge is 0.299 e. The number of carbonyl (C=O) groups excluding carboxylic acids is 1. The first-order valence-corrected chi connectivity index (χ1v) is 6.34. The first-order valence-electron chi connectivity index (χ1n) is 6.34. The molecule has 0 heterocycles. The second kappa shape index (κ2) is 5.74. The van der Waals surface area contributed by atoms with Gasteiger partial charge in [-0.1, -0.05) is 33.1 Å². The molecule has 1 saturated carbocycles. The lowest BCUT2D eigenvalue weighted by Crippen LogP contribution is -2.32. The molecule has 94 valence electrons. The summed E-state index contributed by atoms with van der Waals surface area (Å²) < 4.78 is 27.6. The van der Waals surface area contributed by atoms with Crippen LogP contribution in [0.3, 0.4) is 0 Å². The van der Waals surface area contributed by atoms with Crippen LogP contribution in [0, 0.1) is 11.8 Å². The Hall–Kier alpha value is -0.470. The second-order valence-corrected chi connectivity index (χ2v) is 5.24. The van der Waals surface area contributed by atoms with E-state index in [0.29, 0.717) is 12.8 Å². The zero-order valence-corrected chi connectivity index (χ0v) is 10.3. The van der Waals surface area contributed by atoms with Gasteiger partial charge in [-0.3, -0.25) is 4.79 Å². The van der Waals surface area contributed by atoms with Crippen molar-refractivity contribution in [1.82, 2.24) is 0 Å². The average Bonchev–Trinajstić information content (AvgIpc) is 2.18. The van der Waals surface area contributed by atoms with Crippen LogP contribution in [0.1, 0.15) is 58.8 Å². The Kier molecular flexibility index (Phi) is 4.88. The molecule has 0 aromatic rings. The number of Topliss-reactive ketones (excluding diaryl/α,β-unsaturated/α-hetero) is 1. The molecule has 0 radical (unpaired) electrons. The van der Waals surface area contributed by atoms with Gasteiger partial charge in [0.1, 0.15) is 5.78 Å². The summed E-state index contributed by atoms with van der Waals surface area (Å²) in [5, 5.41) is 0. The first kappa shape index (κ1) is 13.6. The highest BCUT2D eigenvalue weighted by molar-refractivity contribution is 5.80. The third-order valence-corrected chi connectivity index (χ3v) is 3.50. The molecule has 1 fully saturated rings. The smallest absolute Gasteiger partial charge is 0.251 e. The van der Waals surface area contributed by atoms with Gasteiger partial charge in [-0.2, -0.15) is 0 Å². The van der Waals surface area contributed by atoms with Crippen LogP contribution in [-0.4, -0.2) is 11.7 Å². The summed E-state index contributed by atoms with van der Waals surface area (Å²) in [6.45, 7) is 3.56. The third kappa shape index (κ3) is 3.84. The van der Waals surface area contributed by atoms with Crippen molar-refractivity contribution in [3.8, 4) is 0 Å². The number of alkyl halides is 2. The summed E-state index contributed by atoms with van der Waals surface area (Å²) in [6, 6.07) is 0. The van der Waals surface area contributed by atoms with Crippen molar-refractivity contribution in [2.75, 3.05) is 0 Å². The third-order valence-electron chi connectivity index (χ3n) is 3.50. The Morgan fingerprint density at radius 2 is 1.88 bits per heavy atom. The molecule has 0 N–H and O–H groups in total. The van der Waals surface area contributed by atoms with Crippen LogP contribution in [0.5, 0.6) is 0 Å². The Labute approximate surface area is 96.6 Å². The molecule has 16 heavy (non-hydrogen) atoms. The molecular formula is C13H22F2O. The van der Waals surface area contributed by atoms with Crippen LogP contribution < -0.4 is 0 Å². The number of halogens is 2. The van der Waals surface area contributed by atoms with Crippen molar-refractivity contribution in [3.05, 3.63) is 0 Å². The second-order valence-electron chi connectivity index (χ2n) is 5.24. The van der Waals surface area contributed by atoms with E-state index in [2.05, 4.69) is 0 Å². The monoisotopic (exact) mass is 232 g/mol. The number of rotatable bonds is 3. The van der Waals surface area contributed by atoms with Crippen molar-refractivity contribution in [2.24, 2.45) is 11.8 Å². The van der Waals surface area contributed by atoms with Gasteiger partial charge in [0.25, 0.3) is 5.92 Å². The maximum Gasteiger partial charge on any atom is 0.251 e. The standard InChI is InChI=1S/C13H22F2O/c1-10(2)12(16)9-11-7-5-3-4-6-8-13(11,14)15/h10-11H,3-9H2,1-2H3. The van der Waals surface area contributed by atoms with E-state index in [1.54, 1.807) is 13.8 Å². The molecule has 0 spiro atoms. The SMILES string of the molecule is CC(C)C(=O)CC1CCCCCCC1(F)F. The van der Waals surface area contributed by atoms with Crippen LogP contribution >= 0.6 is 0 Å². The van der Waals surface area contributed by atoms with E-state index in [1.807, 2.05) is 0 Å². The number of hydrogen-bond donors (Lipinski definition) is 0. The molecule has 0 aromatic heterocycles. The van der Waals surface area contributed by atoms with Crippen molar-refractivity contribution >= 4 is 5.78 Å². The molecule has 0 saturated heterocycles. The van der Waals surface area contributed by atoms with Crippen LogP contribution in [0.15, 0.2) is 0 Å². The first-order chi connectivity index (χ1) is 7.43. The lowest BCUT2D eigenvalue weighted by atomic mass is 9.83. The molecular weight excluding hydrogens is 210 g/mol. The van der Waals surface area contributed by atoms with E-state index in [1.165, 1.54) is 0 Å². The minimum Gasteiger partial charge on any atom is -0.299 e. The minimum atomic E-state index is -2.63. The Morgan fingerprint density at radius 1 is 1.25 bits per heavy atom. The summed E-state index contributed by atoms with van der Waals surface area (Å²) in [7, 11) is 0.